The Morgan fingerprint density at radius 3 is 2.69 bits per heavy atom. The summed E-state index contributed by atoms with van der Waals surface area (Å²) in [6.07, 6.45) is 1.26. The average molecular weight is 222 g/mol. The molecule has 0 radical (unpaired) electrons. The van der Waals surface area contributed by atoms with Crippen LogP contribution in [0, 0.1) is 5.82 Å². The molecule has 1 saturated heterocycles. The van der Waals surface area contributed by atoms with E-state index in [0.29, 0.717) is 19.5 Å². The summed E-state index contributed by atoms with van der Waals surface area (Å²) >= 11 is 0. The van der Waals surface area contributed by atoms with Crippen molar-refractivity contribution in [2.75, 3.05) is 6.54 Å². The lowest BCUT2D eigenvalue weighted by atomic mass is 10.0. The molecule has 0 aliphatic carbocycles. The Morgan fingerprint density at radius 2 is 2.06 bits per heavy atom. The fraction of sp³-hybridized carbons (Fsp3) is 0.417. The minimum Gasteiger partial charge on any atom is -0.338 e. The molecule has 1 amide bonds. The van der Waals surface area contributed by atoms with E-state index < -0.39 is 0 Å². The molecule has 4 heteroatoms. The second-order valence-corrected chi connectivity index (χ2v) is 4.19. The molecule has 0 bridgehead atoms. The molecule has 86 valence electrons. The van der Waals surface area contributed by atoms with E-state index in [2.05, 4.69) is 0 Å². The molecule has 16 heavy (non-hydrogen) atoms. The first kappa shape index (κ1) is 11.1. The van der Waals surface area contributed by atoms with Crippen molar-refractivity contribution in [1.82, 2.24) is 4.90 Å². The first-order chi connectivity index (χ1) is 7.65. The Balaban J connectivity index is 1.99. The minimum atomic E-state index is -0.254. The highest BCUT2D eigenvalue weighted by Gasteiger charge is 2.22. The van der Waals surface area contributed by atoms with Gasteiger partial charge in [0.1, 0.15) is 5.82 Å². The molecule has 0 saturated carbocycles. The van der Waals surface area contributed by atoms with Crippen molar-refractivity contribution in [2.45, 2.75) is 25.4 Å². The zero-order valence-corrected chi connectivity index (χ0v) is 9.03. The summed E-state index contributed by atoms with van der Waals surface area (Å²) in [6.45, 7) is 1.24. The van der Waals surface area contributed by atoms with Crippen molar-refractivity contribution in [3.63, 3.8) is 0 Å². The monoisotopic (exact) mass is 222 g/mol. The molecule has 1 unspecified atom stereocenters. The predicted molar refractivity (Wildman–Crippen MR) is 59.0 cm³/mol. The Bertz CT molecular complexity index is 377. The second kappa shape index (κ2) is 4.61. The van der Waals surface area contributed by atoms with E-state index in [1.165, 1.54) is 12.1 Å². The molecule has 1 aromatic rings. The molecule has 0 spiro atoms. The maximum atomic E-state index is 12.7. The zero-order chi connectivity index (χ0) is 11.5. The van der Waals surface area contributed by atoms with E-state index in [1.807, 2.05) is 0 Å². The Kier molecular flexibility index (Phi) is 3.19. The van der Waals surface area contributed by atoms with Crippen LogP contribution in [0.4, 0.5) is 4.39 Å². The van der Waals surface area contributed by atoms with Crippen LogP contribution in [0.15, 0.2) is 24.3 Å². The van der Waals surface area contributed by atoms with E-state index in [4.69, 9.17) is 5.73 Å². The predicted octanol–water partition coefficient (Wildman–Crippen LogP) is 1.28. The topological polar surface area (TPSA) is 46.3 Å². The normalized spacial score (nSPS) is 21.2. The van der Waals surface area contributed by atoms with Gasteiger partial charge in [0.15, 0.2) is 0 Å². The Morgan fingerprint density at radius 1 is 1.38 bits per heavy atom. The van der Waals surface area contributed by atoms with Crippen LogP contribution in [0.3, 0.4) is 0 Å². The largest absolute Gasteiger partial charge is 0.338 e. The summed E-state index contributed by atoms with van der Waals surface area (Å²) in [6, 6.07) is 6.23. The van der Waals surface area contributed by atoms with Crippen molar-refractivity contribution >= 4 is 5.91 Å². The van der Waals surface area contributed by atoms with Gasteiger partial charge in [0, 0.05) is 25.6 Å². The third-order valence-corrected chi connectivity index (χ3v) is 2.85. The molecule has 2 N–H and O–H groups in total. The highest BCUT2D eigenvalue weighted by molar-refractivity contribution is 5.77. The first-order valence-electron chi connectivity index (χ1n) is 5.43. The van der Waals surface area contributed by atoms with Gasteiger partial charge in [-0.2, -0.15) is 0 Å². The number of likely N-dealkylation sites (tertiary alicyclic amines) is 1. The van der Waals surface area contributed by atoms with Crippen LogP contribution < -0.4 is 5.73 Å². The van der Waals surface area contributed by atoms with Gasteiger partial charge in [-0.15, -0.1) is 0 Å². The van der Waals surface area contributed by atoms with Gasteiger partial charge in [-0.05, 0) is 24.1 Å². The fourth-order valence-electron chi connectivity index (χ4n) is 1.88. The smallest absolute Gasteiger partial charge is 0.224 e. The highest BCUT2D eigenvalue weighted by Crippen LogP contribution is 2.14. The van der Waals surface area contributed by atoms with E-state index >= 15 is 0 Å². The van der Waals surface area contributed by atoms with Gasteiger partial charge in [-0.1, -0.05) is 12.1 Å². The third kappa shape index (κ3) is 2.58. The maximum Gasteiger partial charge on any atom is 0.224 e. The third-order valence-electron chi connectivity index (χ3n) is 2.85. The summed E-state index contributed by atoms with van der Waals surface area (Å²) in [5, 5.41) is 0. The summed E-state index contributed by atoms with van der Waals surface area (Å²) < 4.78 is 12.7. The van der Waals surface area contributed by atoms with E-state index in [-0.39, 0.29) is 17.8 Å². The molecule has 0 aromatic heterocycles. The number of rotatable bonds is 2. The number of piperidine rings is 1. The molecule has 1 fully saturated rings. The number of carbonyl (C=O) groups excluding carboxylic acids is 1. The van der Waals surface area contributed by atoms with Crippen molar-refractivity contribution in [3.8, 4) is 0 Å². The quantitative estimate of drug-likeness (QED) is 0.819. The van der Waals surface area contributed by atoms with Gasteiger partial charge in [0.25, 0.3) is 0 Å². The van der Waals surface area contributed by atoms with Crippen molar-refractivity contribution < 1.29 is 9.18 Å². The summed E-state index contributed by atoms with van der Waals surface area (Å²) in [7, 11) is 0. The van der Waals surface area contributed by atoms with E-state index in [9.17, 15) is 9.18 Å². The van der Waals surface area contributed by atoms with Gasteiger partial charge in [-0.25, -0.2) is 4.39 Å². The molecule has 1 atom stereocenters. The van der Waals surface area contributed by atoms with Gasteiger partial charge >= 0.3 is 0 Å². The van der Waals surface area contributed by atoms with Crippen LogP contribution in [0.1, 0.15) is 18.4 Å². The van der Waals surface area contributed by atoms with Gasteiger partial charge in [-0.3, -0.25) is 4.79 Å². The lowest BCUT2D eigenvalue weighted by Gasteiger charge is -2.30. The molecule has 1 aliphatic heterocycles. The van der Waals surface area contributed by atoms with Crippen LogP contribution in [0.2, 0.25) is 0 Å². The van der Waals surface area contributed by atoms with Crippen LogP contribution in [-0.2, 0) is 11.3 Å². The lowest BCUT2D eigenvalue weighted by Crippen LogP contribution is -2.43. The standard InChI is InChI=1S/C12H15FN2O/c13-10-3-1-9(2-4-10)8-15-6-5-11(14)7-12(15)16/h1-4,11H,5-8,14H2. The minimum absolute atomic E-state index is 0.00281. The van der Waals surface area contributed by atoms with Crippen LogP contribution in [0.25, 0.3) is 0 Å². The van der Waals surface area contributed by atoms with Crippen LogP contribution >= 0.6 is 0 Å². The second-order valence-electron chi connectivity index (χ2n) is 4.19. The van der Waals surface area contributed by atoms with Crippen molar-refractivity contribution in [3.05, 3.63) is 35.6 Å². The number of benzene rings is 1. The molecule has 1 aromatic carbocycles. The van der Waals surface area contributed by atoms with Gasteiger partial charge in [0.2, 0.25) is 5.91 Å². The molecular formula is C12H15FN2O. The Hall–Kier alpha value is -1.42. The summed E-state index contributed by atoms with van der Waals surface area (Å²) in [4.78, 5) is 13.4. The zero-order valence-electron chi connectivity index (χ0n) is 9.03. The summed E-state index contributed by atoms with van der Waals surface area (Å²) in [5.41, 5.74) is 6.65. The number of hydrogen-bond acceptors (Lipinski definition) is 2. The highest BCUT2D eigenvalue weighted by atomic mass is 19.1. The van der Waals surface area contributed by atoms with Crippen molar-refractivity contribution in [2.24, 2.45) is 5.73 Å². The van der Waals surface area contributed by atoms with E-state index in [0.717, 1.165) is 12.0 Å². The Labute approximate surface area is 94.0 Å². The number of hydrogen-bond donors (Lipinski definition) is 1. The molecular weight excluding hydrogens is 207 g/mol. The maximum absolute atomic E-state index is 12.7. The number of amides is 1. The first-order valence-corrected chi connectivity index (χ1v) is 5.43. The van der Waals surface area contributed by atoms with E-state index in [1.54, 1.807) is 17.0 Å². The summed E-state index contributed by atoms with van der Waals surface area (Å²) in [5.74, 6) is -0.168. The molecule has 1 aliphatic rings. The average Bonchev–Trinajstić information content (AvgIpc) is 2.25. The molecule has 2 rings (SSSR count). The lowest BCUT2D eigenvalue weighted by molar-refractivity contribution is -0.134. The van der Waals surface area contributed by atoms with Gasteiger partial charge in [0.05, 0.1) is 0 Å². The fourth-order valence-corrected chi connectivity index (χ4v) is 1.88. The SMILES string of the molecule is NC1CCN(Cc2ccc(F)cc2)C(=O)C1. The molecule has 3 nitrogen and oxygen atoms in total. The van der Waals surface area contributed by atoms with Gasteiger partial charge < -0.3 is 10.6 Å². The molecule has 1 heterocycles. The number of halogens is 1. The number of nitrogens with zero attached hydrogens (tertiary/aromatic N) is 1. The van der Waals surface area contributed by atoms with Crippen molar-refractivity contribution in [1.29, 1.82) is 0 Å². The number of nitrogens with two attached hydrogens (primary N) is 1. The number of carbonyl (C=O) groups is 1. The van der Waals surface area contributed by atoms with Crippen LogP contribution in [-0.4, -0.2) is 23.4 Å². The van der Waals surface area contributed by atoms with Crippen LogP contribution in [0.5, 0.6) is 0 Å².